The van der Waals surface area contributed by atoms with E-state index in [0.717, 1.165) is 17.1 Å². The number of benzene rings is 1. The minimum atomic E-state index is 0.480. The van der Waals surface area contributed by atoms with Crippen LogP contribution in [0.2, 0.25) is 0 Å². The molecule has 1 heterocycles. The van der Waals surface area contributed by atoms with Gasteiger partial charge in [0.1, 0.15) is 5.76 Å². The Hall–Kier alpha value is -2.28. The predicted octanol–water partition coefficient (Wildman–Crippen LogP) is 3.21. The zero-order chi connectivity index (χ0) is 13.7. The lowest BCUT2D eigenvalue weighted by Crippen LogP contribution is -2.23. The molecule has 1 aromatic heterocycles. The highest BCUT2D eigenvalue weighted by atomic mass is 16.4. The van der Waals surface area contributed by atoms with Gasteiger partial charge in [-0.15, -0.1) is 0 Å². The first kappa shape index (κ1) is 13.2. The highest BCUT2D eigenvalue weighted by Gasteiger charge is 2.12. The van der Waals surface area contributed by atoms with Gasteiger partial charge in [-0.05, 0) is 26.0 Å². The van der Waals surface area contributed by atoms with Crippen molar-refractivity contribution < 1.29 is 4.42 Å². The largest absolute Gasteiger partial charge is 0.444 e. The molecule has 0 aliphatic heterocycles. The van der Waals surface area contributed by atoms with Crippen LogP contribution in [0.15, 0.2) is 34.7 Å². The highest BCUT2D eigenvalue weighted by molar-refractivity contribution is 5.46. The molecule has 0 spiro atoms. The molecule has 2 rings (SSSR count). The Bertz CT molecular complexity index is 549. The van der Waals surface area contributed by atoms with Crippen LogP contribution in [0, 0.1) is 25.2 Å². The Morgan fingerprint density at radius 3 is 2.58 bits per heavy atom. The van der Waals surface area contributed by atoms with Crippen molar-refractivity contribution >= 4 is 5.69 Å². The molecule has 4 heteroatoms. The van der Waals surface area contributed by atoms with Crippen molar-refractivity contribution in [2.75, 3.05) is 11.4 Å². The number of oxazole rings is 1. The first-order valence-corrected chi connectivity index (χ1v) is 6.30. The van der Waals surface area contributed by atoms with Crippen molar-refractivity contribution in [3.63, 3.8) is 0 Å². The molecule has 0 fully saturated rings. The second kappa shape index (κ2) is 6.05. The minimum Gasteiger partial charge on any atom is -0.444 e. The van der Waals surface area contributed by atoms with Gasteiger partial charge in [0, 0.05) is 12.2 Å². The summed E-state index contributed by atoms with van der Waals surface area (Å²) in [6.45, 7) is 5.10. The summed E-state index contributed by atoms with van der Waals surface area (Å²) in [5.41, 5.74) is 1.99. The Labute approximate surface area is 113 Å². The van der Waals surface area contributed by atoms with Crippen LogP contribution in [0.5, 0.6) is 0 Å². The molecule has 0 saturated heterocycles. The third kappa shape index (κ3) is 3.35. The molecular formula is C15H17N3O. The Morgan fingerprint density at radius 2 is 2.00 bits per heavy atom. The molecule has 0 aliphatic carbocycles. The van der Waals surface area contributed by atoms with Gasteiger partial charge in [0.05, 0.1) is 24.7 Å². The van der Waals surface area contributed by atoms with E-state index in [2.05, 4.69) is 16.0 Å². The summed E-state index contributed by atoms with van der Waals surface area (Å²) in [7, 11) is 0. The number of hydrogen-bond acceptors (Lipinski definition) is 4. The average Bonchev–Trinajstić information content (AvgIpc) is 2.74. The van der Waals surface area contributed by atoms with Crippen LogP contribution in [0.4, 0.5) is 5.69 Å². The van der Waals surface area contributed by atoms with Crippen LogP contribution in [0.3, 0.4) is 0 Å². The fraction of sp³-hybridized carbons (Fsp3) is 0.333. The van der Waals surface area contributed by atoms with Crippen LogP contribution in [0.25, 0.3) is 0 Å². The molecule has 0 atom stereocenters. The van der Waals surface area contributed by atoms with E-state index in [4.69, 9.17) is 9.68 Å². The minimum absolute atomic E-state index is 0.480. The number of rotatable bonds is 5. The van der Waals surface area contributed by atoms with E-state index in [-0.39, 0.29) is 0 Å². The summed E-state index contributed by atoms with van der Waals surface area (Å²) >= 11 is 0. The van der Waals surface area contributed by atoms with E-state index in [1.807, 2.05) is 44.2 Å². The van der Waals surface area contributed by atoms with Crippen LogP contribution in [-0.4, -0.2) is 11.5 Å². The van der Waals surface area contributed by atoms with Crippen molar-refractivity contribution in [3.05, 3.63) is 47.7 Å². The van der Waals surface area contributed by atoms with Crippen LogP contribution < -0.4 is 4.90 Å². The molecule has 0 saturated carbocycles. The lowest BCUT2D eigenvalue weighted by Gasteiger charge is -2.21. The number of nitrogens with zero attached hydrogens (tertiary/aromatic N) is 3. The van der Waals surface area contributed by atoms with Crippen molar-refractivity contribution in [2.45, 2.75) is 26.8 Å². The summed E-state index contributed by atoms with van der Waals surface area (Å²) in [6, 6.07) is 12.2. The molecule has 98 valence electrons. The number of para-hydroxylation sites is 1. The lowest BCUT2D eigenvalue weighted by atomic mass is 10.2. The molecule has 0 unspecified atom stereocenters. The van der Waals surface area contributed by atoms with Gasteiger partial charge in [0.2, 0.25) is 5.89 Å². The molecule has 0 amide bonds. The van der Waals surface area contributed by atoms with Crippen molar-refractivity contribution in [3.8, 4) is 6.07 Å². The van der Waals surface area contributed by atoms with Gasteiger partial charge >= 0.3 is 0 Å². The van der Waals surface area contributed by atoms with Gasteiger partial charge in [-0.2, -0.15) is 5.26 Å². The fourth-order valence-electron chi connectivity index (χ4n) is 1.89. The van der Waals surface area contributed by atoms with E-state index < -0.39 is 0 Å². The van der Waals surface area contributed by atoms with Gasteiger partial charge in [0.15, 0.2) is 0 Å². The molecule has 19 heavy (non-hydrogen) atoms. The van der Waals surface area contributed by atoms with Gasteiger partial charge in [-0.25, -0.2) is 4.98 Å². The predicted molar refractivity (Wildman–Crippen MR) is 73.7 cm³/mol. The van der Waals surface area contributed by atoms with Crippen molar-refractivity contribution in [1.82, 2.24) is 4.98 Å². The number of aryl methyl sites for hydroxylation is 2. The molecule has 1 aromatic carbocycles. The Balaban J connectivity index is 2.16. The van der Waals surface area contributed by atoms with E-state index in [1.165, 1.54) is 0 Å². The highest BCUT2D eigenvalue weighted by Crippen LogP contribution is 2.18. The first-order chi connectivity index (χ1) is 9.20. The number of nitriles is 1. The second-order valence-corrected chi connectivity index (χ2v) is 4.41. The summed E-state index contributed by atoms with van der Waals surface area (Å²) in [5, 5.41) is 8.76. The maximum atomic E-state index is 8.76. The fourth-order valence-corrected chi connectivity index (χ4v) is 1.89. The Morgan fingerprint density at radius 1 is 1.26 bits per heavy atom. The maximum Gasteiger partial charge on any atom is 0.214 e. The first-order valence-electron chi connectivity index (χ1n) is 6.30. The third-order valence-electron chi connectivity index (χ3n) is 3.01. The van der Waals surface area contributed by atoms with Gasteiger partial charge in [0.25, 0.3) is 0 Å². The average molecular weight is 255 g/mol. The van der Waals surface area contributed by atoms with Gasteiger partial charge in [-0.1, -0.05) is 18.2 Å². The molecular weight excluding hydrogens is 238 g/mol. The second-order valence-electron chi connectivity index (χ2n) is 4.41. The van der Waals surface area contributed by atoms with E-state index in [1.54, 1.807) is 0 Å². The topological polar surface area (TPSA) is 53.1 Å². The SMILES string of the molecule is Cc1nc(CN(CCC#N)c2ccccc2)oc1C. The number of anilines is 1. The Kier molecular flexibility index (Phi) is 4.19. The van der Waals surface area contributed by atoms with Crippen LogP contribution >= 0.6 is 0 Å². The summed E-state index contributed by atoms with van der Waals surface area (Å²) in [5.74, 6) is 1.54. The molecule has 0 aliphatic rings. The molecule has 0 bridgehead atoms. The zero-order valence-corrected chi connectivity index (χ0v) is 11.3. The number of aromatic nitrogens is 1. The van der Waals surface area contributed by atoms with E-state index in [0.29, 0.717) is 25.4 Å². The van der Waals surface area contributed by atoms with Gasteiger partial charge < -0.3 is 9.32 Å². The van der Waals surface area contributed by atoms with E-state index in [9.17, 15) is 0 Å². The zero-order valence-electron chi connectivity index (χ0n) is 11.3. The van der Waals surface area contributed by atoms with E-state index >= 15 is 0 Å². The summed E-state index contributed by atoms with van der Waals surface area (Å²) in [6.07, 6.45) is 0.480. The van der Waals surface area contributed by atoms with Crippen molar-refractivity contribution in [1.29, 1.82) is 5.26 Å². The molecule has 0 N–H and O–H groups in total. The summed E-state index contributed by atoms with van der Waals surface area (Å²) < 4.78 is 5.61. The maximum absolute atomic E-state index is 8.76. The molecule has 0 radical (unpaired) electrons. The van der Waals surface area contributed by atoms with Crippen molar-refractivity contribution in [2.24, 2.45) is 0 Å². The van der Waals surface area contributed by atoms with Gasteiger partial charge in [-0.3, -0.25) is 0 Å². The summed E-state index contributed by atoms with van der Waals surface area (Å²) in [4.78, 5) is 6.50. The normalized spacial score (nSPS) is 10.2. The molecule has 4 nitrogen and oxygen atoms in total. The molecule has 2 aromatic rings. The van der Waals surface area contributed by atoms with Crippen LogP contribution in [-0.2, 0) is 6.54 Å². The number of hydrogen-bond donors (Lipinski definition) is 0. The standard InChI is InChI=1S/C15H17N3O/c1-12-13(2)19-15(17-12)11-18(10-6-9-16)14-7-4-3-5-8-14/h3-5,7-8H,6,10-11H2,1-2H3. The lowest BCUT2D eigenvalue weighted by molar-refractivity contribution is 0.465. The monoisotopic (exact) mass is 255 g/mol. The van der Waals surface area contributed by atoms with Crippen LogP contribution in [0.1, 0.15) is 23.8 Å². The third-order valence-corrected chi connectivity index (χ3v) is 3.01. The quantitative estimate of drug-likeness (QED) is 0.823. The smallest absolute Gasteiger partial charge is 0.214 e.